The first-order chi connectivity index (χ1) is 24.1. The molecule has 2 saturated carbocycles. The summed E-state index contributed by atoms with van der Waals surface area (Å²) in [6.45, 7) is 5.76. The maximum Gasteiger partial charge on any atom is 0.338 e. The number of esters is 3. The van der Waals surface area contributed by atoms with Gasteiger partial charge in [0, 0.05) is 6.42 Å². The Morgan fingerprint density at radius 1 is 0.920 bits per heavy atom. The van der Waals surface area contributed by atoms with Gasteiger partial charge in [0.05, 0.1) is 34.9 Å². The number of hydrogen-bond donors (Lipinski definition) is 1. The molecular weight excluding hydrogens is 662 g/mol. The van der Waals surface area contributed by atoms with Crippen molar-refractivity contribution in [1.82, 2.24) is 19.5 Å². The van der Waals surface area contributed by atoms with Crippen molar-refractivity contribution in [3.05, 3.63) is 131 Å². The quantitative estimate of drug-likeness (QED) is 0.0915. The van der Waals surface area contributed by atoms with Crippen molar-refractivity contribution in [1.29, 1.82) is 0 Å². The van der Waals surface area contributed by atoms with Crippen LogP contribution >= 0.6 is 11.6 Å². The molecule has 2 bridgehead atoms. The molecule has 4 heterocycles. The van der Waals surface area contributed by atoms with E-state index in [-0.39, 0.29) is 35.3 Å². The molecule has 2 aromatic heterocycles. The fraction of sp³-hybridized carbons (Fsp3) is 0.243. The Bertz CT molecular complexity index is 2180. The van der Waals surface area contributed by atoms with Gasteiger partial charge in [0.25, 0.3) is 0 Å². The molecule has 0 amide bonds. The third-order valence-corrected chi connectivity index (χ3v) is 10.1. The normalized spacial score (nSPS) is 27.4. The van der Waals surface area contributed by atoms with Gasteiger partial charge in [-0.05, 0) is 43.3 Å². The Kier molecular flexibility index (Phi) is 7.28. The van der Waals surface area contributed by atoms with Crippen LogP contribution in [0.4, 0.5) is 5.95 Å². The molecular formula is C37H30ClN5O7. The average Bonchev–Trinajstić information content (AvgIpc) is 3.53. The van der Waals surface area contributed by atoms with Gasteiger partial charge in [-0.15, -0.1) is 0 Å². The molecule has 4 unspecified atom stereocenters. The predicted octanol–water partition coefficient (Wildman–Crippen LogP) is 5.39. The van der Waals surface area contributed by atoms with Gasteiger partial charge >= 0.3 is 17.9 Å². The minimum Gasteiger partial charge on any atom is -0.459 e. The molecule has 2 aliphatic heterocycles. The van der Waals surface area contributed by atoms with E-state index in [2.05, 4.69) is 21.5 Å². The topological polar surface area (TPSA) is 158 Å². The Morgan fingerprint density at radius 3 is 2.10 bits per heavy atom. The first kappa shape index (κ1) is 31.7. The number of nitrogens with zero attached hydrogens (tertiary/aromatic N) is 4. The van der Waals surface area contributed by atoms with E-state index in [1.807, 2.05) is 0 Å². The third kappa shape index (κ3) is 4.70. The molecule has 0 spiro atoms. The lowest BCUT2D eigenvalue weighted by molar-refractivity contribution is -0.362. The van der Waals surface area contributed by atoms with Gasteiger partial charge in [0.2, 0.25) is 5.95 Å². The second kappa shape index (κ2) is 11.5. The summed E-state index contributed by atoms with van der Waals surface area (Å²) in [6, 6.07) is 25.5. The summed E-state index contributed by atoms with van der Waals surface area (Å²) < 4.78 is 27.4. The smallest absolute Gasteiger partial charge is 0.338 e. The van der Waals surface area contributed by atoms with Crippen LogP contribution in [0.15, 0.2) is 109 Å². The van der Waals surface area contributed by atoms with Gasteiger partial charge in [-0.25, -0.2) is 19.4 Å². The second-order valence-electron chi connectivity index (χ2n) is 12.8. The van der Waals surface area contributed by atoms with Crippen molar-refractivity contribution in [3.8, 4) is 0 Å². The van der Waals surface area contributed by atoms with E-state index < -0.39 is 52.8 Å². The number of anilines is 1. The lowest BCUT2D eigenvalue weighted by atomic mass is 9.54. The van der Waals surface area contributed by atoms with Crippen LogP contribution in [-0.2, 0) is 24.7 Å². The highest BCUT2D eigenvalue weighted by Crippen LogP contribution is 2.77. The summed E-state index contributed by atoms with van der Waals surface area (Å²) in [5.74, 6) is -3.38. The first-order valence-corrected chi connectivity index (χ1v) is 16.3. The van der Waals surface area contributed by atoms with Crippen LogP contribution in [0, 0.1) is 11.8 Å². The summed E-state index contributed by atoms with van der Waals surface area (Å²) in [5, 5.41) is 0.0388. The highest BCUT2D eigenvalue weighted by Gasteiger charge is 2.92. The van der Waals surface area contributed by atoms with Crippen molar-refractivity contribution in [2.24, 2.45) is 11.8 Å². The van der Waals surface area contributed by atoms with E-state index >= 15 is 0 Å². The van der Waals surface area contributed by atoms with Crippen LogP contribution in [-0.4, -0.2) is 61.3 Å². The molecule has 4 aliphatic rings. The number of hydrogen-bond acceptors (Lipinski definition) is 11. The van der Waals surface area contributed by atoms with Crippen LogP contribution < -0.4 is 5.73 Å². The molecule has 3 aromatic carbocycles. The van der Waals surface area contributed by atoms with Crippen LogP contribution in [0.1, 0.15) is 44.4 Å². The maximum atomic E-state index is 13.9. The zero-order valence-electron chi connectivity index (χ0n) is 26.7. The monoisotopic (exact) mass is 691 g/mol. The average molecular weight is 692 g/mol. The molecule has 2 saturated heterocycles. The molecule has 12 nitrogen and oxygen atoms in total. The van der Waals surface area contributed by atoms with E-state index in [4.69, 9.17) is 36.3 Å². The number of halogens is 1. The molecule has 13 heteroatoms. The third-order valence-electron chi connectivity index (χ3n) is 9.81. The van der Waals surface area contributed by atoms with Crippen LogP contribution in [0.2, 0.25) is 5.15 Å². The Morgan fingerprint density at radius 2 is 1.50 bits per heavy atom. The SMILES string of the molecule is C=C(C)C1C2(n3cnc4c(Cl)nc(N)nc43)C[C@@]1(OC(=O)c1ccccc1)C1[C@H](OC(=O)c3ccccc3)C1(COC(=O)c1ccccc1)O2. The number of fused-ring (bicyclic) bond motifs is 1. The minimum absolute atomic E-state index is 0.0388. The fourth-order valence-corrected chi connectivity index (χ4v) is 8.12. The summed E-state index contributed by atoms with van der Waals surface area (Å²) >= 11 is 6.43. The number of nitrogens with two attached hydrogens (primary N) is 1. The summed E-state index contributed by atoms with van der Waals surface area (Å²) in [4.78, 5) is 53.8. The van der Waals surface area contributed by atoms with Crippen LogP contribution in [0.3, 0.4) is 0 Å². The van der Waals surface area contributed by atoms with Crippen molar-refractivity contribution in [2.75, 3.05) is 12.3 Å². The number of imidazole rings is 1. The first-order valence-electron chi connectivity index (χ1n) is 15.9. The van der Waals surface area contributed by atoms with E-state index in [0.717, 1.165) is 0 Å². The van der Waals surface area contributed by atoms with Gasteiger partial charge in [-0.1, -0.05) is 78.4 Å². The van der Waals surface area contributed by atoms with Gasteiger partial charge in [-0.2, -0.15) is 9.97 Å². The van der Waals surface area contributed by atoms with Crippen LogP contribution in [0.25, 0.3) is 11.2 Å². The lowest BCUT2D eigenvalue weighted by Crippen LogP contribution is -2.75. The van der Waals surface area contributed by atoms with E-state index in [9.17, 15) is 14.4 Å². The number of nitrogen functional groups attached to an aromatic ring is 1. The Hall–Kier alpha value is -5.59. The molecule has 2 N–H and O–H groups in total. The summed E-state index contributed by atoms with van der Waals surface area (Å²) in [5.41, 5.74) is 3.97. The predicted molar refractivity (Wildman–Crippen MR) is 180 cm³/mol. The van der Waals surface area contributed by atoms with Gasteiger partial charge in [0.15, 0.2) is 22.1 Å². The highest BCUT2D eigenvalue weighted by molar-refractivity contribution is 6.33. The van der Waals surface area contributed by atoms with Gasteiger partial charge in [-0.3, -0.25) is 4.57 Å². The lowest BCUT2D eigenvalue weighted by Gasteiger charge is -2.65. The fourth-order valence-electron chi connectivity index (χ4n) is 7.90. The molecule has 4 fully saturated rings. The molecule has 2 aliphatic carbocycles. The second-order valence-corrected chi connectivity index (χ2v) is 13.2. The van der Waals surface area contributed by atoms with Crippen molar-refractivity contribution in [3.63, 3.8) is 0 Å². The number of rotatable bonds is 9. The molecule has 5 aromatic rings. The zero-order chi connectivity index (χ0) is 34.8. The van der Waals surface area contributed by atoms with E-state index in [1.165, 1.54) is 6.33 Å². The Balaban J connectivity index is 1.27. The highest BCUT2D eigenvalue weighted by atomic mass is 35.5. The maximum absolute atomic E-state index is 13.9. The number of benzene rings is 3. The minimum atomic E-state index is -1.46. The molecule has 0 radical (unpaired) electrons. The number of ether oxygens (including phenoxy) is 4. The summed E-state index contributed by atoms with van der Waals surface area (Å²) in [6.07, 6.45) is 0.578. The van der Waals surface area contributed by atoms with E-state index in [0.29, 0.717) is 22.3 Å². The van der Waals surface area contributed by atoms with Gasteiger partial charge < -0.3 is 24.7 Å². The van der Waals surface area contributed by atoms with Crippen molar-refractivity contribution >= 4 is 46.6 Å². The molecule has 50 heavy (non-hydrogen) atoms. The number of carbonyl (C=O) groups excluding carboxylic acids is 3. The van der Waals surface area contributed by atoms with Gasteiger partial charge in [0.1, 0.15) is 23.8 Å². The Labute approximate surface area is 290 Å². The van der Waals surface area contributed by atoms with Crippen molar-refractivity contribution in [2.45, 2.75) is 36.4 Å². The summed E-state index contributed by atoms with van der Waals surface area (Å²) in [7, 11) is 0. The zero-order valence-corrected chi connectivity index (χ0v) is 27.4. The standard InChI is InChI=1S/C37H30ClN5O7/c1-21(2)26-35(49-33(46)24-16-10-5-11-17-24)18-37(26,43-20-40-25-29(38)41-34(39)42-30(25)43)50-36(19-47-31(44)22-12-6-3-7-13-22)27(35)28(36)48-32(45)23-14-8-4-9-15-23/h3-17,20,26-28H,1,18-19H2,2H3,(H2,39,41,42)/t26?,27?,28-,35-,36?,37?/m0/s1. The largest absolute Gasteiger partial charge is 0.459 e. The van der Waals surface area contributed by atoms with Crippen LogP contribution in [0.5, 0.6) is 0 Å². The van der Waals surface area contributed by atoms with Crippen molar-refractivity contribution < 1.29 is 33.3 Å². The van der Waals surface area contributed by atoms with E-state index in [1.54, 1.807) is 102 Å². The molecule has 252 valence electrons. The molecule has 9 rings (SSSR count). The number of aromatic nitrogens is 4. The molecule has 6 atom stereocenters. The number of carbonyl (C=O) groups is 3.